The fourth-order valence-corrected chi connectivity index (χ4v) is 2.95. The van der Waals surface area contributed by atoms with Gasteiger partial charge in [-0.15, -0.1) is 0 Å². The van der Waals surface area contributed by atoms with Crippen molar-refractivity contribution in [1.82, 2.24) is 5.32 Å². The van der Waals surface area contributed by atoms with Crippen LogP contribution in [-0.2, 0) is 14.3 Å². The highest BCUT2D eigenvalue weighted by Crippen LogP contribution is 2.24. The molecular formula is C20H24N2O4. The quantitative estimate of drug-likeness (QED) is 0.481. The molecule has 138 valence electrons. The number of rotatable bonds is 6. The van der Waals surface area contributed by atoms with Crippen molar-refractivity contribution < 1.29 is 19.1 Å². The van der Waals surface area contributed by atoms with Crippen molar-refractivity contribution in [2.24, 2.45) is 5.92 Å². The highest BCUT2D eigenvalue weighted by atomic mass is 16.6. The molecule has 1 aliphatic rings. The number of carbonyl (C=O) groups excluding carboxylic acids is 2. The number of amides is 1. The van der Waals surface area contributed by atoms with Crippen molar-refractivity contribution in [2.75, 3.05) is 13.7 Å². The van der Waals surface area contributed by atoms with Gasteiger partial charge in [0.1, 0.15) is 17.4 Å². The molecule has 6 nitrogen and oxygen atoms in total. The summed E-state index contributed by atoms with van der Waals surface area (Å²) in [6.07, 6.45) is 5.90. The number of hydrogen-bond acceptors (Lipinski definition) is 5. The zero-order chi connectivity index (χ0) is 18.9. The minimum Gasteiger partial charge on any atom is -0.482 e. The smallest absolute Gasteiger partial charge is 0.343 e. The fourth-order valence-electron chi connectivity index (χ4n) is 2.95. The maximum atomic E-state index is 12.4. The number of benzene rings is 1. The average molecular weight is 356 g/mol. The Morgan fingerprint density at radius 3 is 2.58 bits per heavy atom. The van der Waals surface area contributed by atoms with Gasteiger partial charge in [-0.05, 0) is 42.5 Å². The molecule has 0 spiro atoms. The second kappa shape index (κ2) is 9.62. The molecule has 2 atom stereocenters. The number of nitrogens with one attached hydrogen (secondary N) is 1. The Hall–Kier alpha value is -2.81. The molecule has 2 rings (SSSR count). The average Bonchev–Trinajstić information content (AvgIpc) is 2.66. The summed E-state index contributed by atoms with van der Waals surface area (Å²) < 4.78 is 9.77. The van der Waals surface area contributed by atoms with E-state index in [2.05, 4.69) is 17.0 Å². The van der Waals surface area contributed by atoms with Gasteiger partial charge in [0.15, 0.2) is 6.61 Å². The molecule has 1 aliphatic carbocycles. The van der Waals surface area contributed by atoms with E-state index in [1.165, 1.54) is 13.5 Å². The van der Waals surface area contributed by atoms with Crippen LogP contribution in [0, 0.1) is 17.2 Å². The lowest BCUT2D eigenvalue weighted by Crippen LogP contribution is -2.41. The van der Waals surface area contributed by atoms with Crippen molar-refractivity contribution in [3.8, 4) is 11.8 Å². The first-order valence-corrected chi connectivity index (χ1v) is 8.76. The van der Waals surface area contributed by atoms with E-state index in [1.54, 1.807) is 30.3 Å². The predicted octanol–water partition coefficient (Wildman–Crippen LogP) is 2.84. The van der Waals surface area contributed by atoms with Crippen LogP contribution >= 0.6 is 0 Å². The molecule has 1 aromatic rings. The highest BCUT2D eigenvalue weighted by molar-refractivity contribution is 6.01. The Labute approximate surface area is 153 Å². The van der Waals surface area contributed by atoms with E-state index in [-0.39, 0.29) is 24.1 Å². The summed E-state index contributed by atoms with van der Waals surface area (Å²) in [6, 6.07) is 8.89. The minimum absolute atomic E-state index is 0.0750. The molecule has 1 saturated carbocycles. The zero-order valence-corrected chi connectivity index (χ0v) is 15.2. The van der Waals surface area contributed by atoms with E-state index in [9.17, 15) is 14.9 Å². The normalized spacial score (nSPS) is 20.0. The fraction of sp³-hybridized carbons (Fsp3) is 0.450. The zero-order valence-electron chi connectivity index (χ0n) is 15.2. The van der Waals surface area contributed by atoms with E-state index in [1.807, 2.05) is 6.07 Å². The molecule has 26 heavy (non-hydrogen) atoms. The number of ether oxygens (including phenoxy) is 2. The van der Waals surface area contributed by atoms with Crippen LogP contribution in [0.4, 0.5) is 0 Å². The largest absolute Gasteiger partial charge is 0.482 e. The van der Waals surface area contributed by atoms with Gasteiger partial charge in [0.05, 0.1) is 7.11 Å². The van der Waals surface area contributed by atoms with Crippen molar-refractivity contribution >= 4 is 18.0 Å². The minimum atomic E-state index is -0.464. The van der Waals surface area contributed by atoms with Gasteiger partial charge in [-0.25, -0.2) is 4.79 Å². The van der Waals surface area contributed by atoms with Gasteiger partial charge in [-0.3, -0.25) is 4.79 Å². The number of nitrogens with zero attached hydrogens (tertiary/aromatic N) is 1. The third-order valence-electron chi connectivity index (χ3n) is 4.57. The summed E-state index contributed by atoms with van der Waals surface area (Å²) in [7, 11) is 1.29. The van der Waals surface area contributed by atoms with E-state index < -0.39 is 5.97 Å². The Kier molecular flexibility index (Phi) is 7.22. The number of nitriles is 1. The Morgan fingerprint density at radius 1 is 1.27 bits per heavy atom. The van der Waals surface area contributed by atoms with Crippen molar-refractivity contribution in [2.45, 2.75) is 38.6 Å². The van der Waals surface area contributed by atoms with Gasteiger partial charge in [0.2, 0.25) is 0 Å². The molecular weight excluding hydrogens is 332 g/mol. The molecule has 6 heteroatoms. The van der Waals surface area contributed by atoms with E-state index >= 15 is 0 Å². The number of methoxy groups -OCH3 is 1. The summed E-state index contributed by atoms with van der Waals surface area (Å²) in [4.78, 5) is 23.5. The number of carbonyl (C=O) groups is 2. The molecule has 1 N–H and O–H groups in total. The molecule has 1 fully saturated rings. The van der Waals surface area contributed by atoms with E-state index in [4.69, 9.17) is 4.74 Å². The van der Waals surface area contributed by atoms with E-state index in [0.717, 1.165) is 19.3 Å². The molecule has 0 bridgehead atoms. The maximum absolute atomic E-state index is 12.4. The van der Waals surface area contributed by atoms with Gasteiger partial charge in [-0.2, -0.15) is 5.26 Å². The Balaban J connectivity index is 1.99. The molecule has 0 heterocycles. The van der Waals surface area contributed by atoms with Gasteiger partial charge < -0.3 is 14.8 Å². The van der Waals surface area contributed by atoms with Gasteiger partial charge in [0, 0.05) is 6.04 Å². The number of hydrogen-bond donors (Lipinski definition) is 1. The molecule has 0 unspecified atom stereocenters. The SMILES string of the molecule is COC(=O)COc1ccc(/C=C(\C#N)C(=O)N[C@H]2CCCC[C@@H]2C)cc1. The monoisotopic (exact) mass is 356 g/mol. The summed E-state index contributed by atoms with van der Waals surface area (Å²) in [5.41, 5.74) is 0.782. The second-order valence-corrected chi connectivity index (χ2v) is 6.45. The van der Waals surface area contributed by atoms with Crippen LogP contribution in [0.2, 0.25) is 0 Å². The van der Waals surface area contributed by atoms with Crippen LogP contribution in [0.1, 0.15) is 38.2 Å². The Morgan fingerprint density at radius 2 is 1.96 bits per heavy atom. The van der Waals surface area contributed by atoms with Crippen LogP contribution in [0.5, 0.6) is 5.75 Å². The maximum Gasteiger partial charge on any atom is 0.343 e. The lowest BCUT2D eigenvalue weighted by atomic mass is 9.86. The first-order valence-electron chi connectivity index (χ1n) is 8.76. The van der Waals surface area contributed by atoms with Crippen molar-refractivity contribution in [3.05, 3.63) is 35.4 Å². The third kappa shape index (κ3) is 5.62. The lowest BCUT2D eigenvalue weighted by Gasteiger charge is -2.29. The predicted molar refractivity (Wildman–Crippen MR) is 97.1 cm³/mol. The first kappa shape index (κ1) is 19.5. The summed E-state index contributed by atoms with van der Waals surface area (Å²) in [6.45, 7) is 1.96. The molecule has 0 aliphatic heterocycles. The topological polar surface area (TPSA) is 88.4 Å². The van der Waals surface area contributed by atoms with Gasteiger partial charge >= 0.3 is 5.97 Å². The summed E-state index contributed by atoms with van der Waals surface area (Å²) in [5, 5.41) is 12.3. The van der Waals surface area contributed by atoms with Crippen LogP contribution in [0.3, 0.4) is 0 Å². The van der Waals surface area contributed by atoms with Gasteiger partial charge in [0.25, 0.3) is 5.91 Å². The number of esters is 1. The molecule has 1 aromatic carbocycles. The highest BCUT2D eigenvalue weighted by Gasteiger charge is 2.24. The first-order chi connectivity index (χ1) is 12.5. The van der Waals surface area contributed by atoms with Crippen LogP contribution in [0.25, 0.3) is 6.08 Å². The standard InChI is InChI=1S/C20H24N2O4/c1-14-5-3-4-6-18(14)22-20(24)16(12-21)11-15-7-9-17(10-8-15)26-13-19(23)25-2/h7-11,14,18H,3-6,13H2,1-2H3,(H,22,24)/b16-11+/t14-,18-/m0/s1. The molecule has 1 amide bonds. The van der Waals surface area contributed by atoms with Crippen molar-refractivity contribution in [3.63, 3.8) is 0 Å². The Bertz CT molecular complexity index is 704. The molecule has 0 saturated heterocycles. The van der Waals surface area contributed by atoms with Crippen LogP contribution in [-0.4, -0.2) is 31.6 Å². The summed E-state index contributed by atoms with van der Waals surface area (Å²) >= 11 is 0. The van der Waals surface area contributed by atoms with Crippen LogP contribution in [0.15, 0.2) is 29.8 Å². The third-order valence-corrected chi connectivity index (χ3v) is 4.57. The summed E-state index contributed by atoms with van der Waals surface area (Å²) in [5.74, 6) is 0.136. The van der Waals surface area contributed by atoms with Crippen LogP contribution < -0.4 is 10.1 Å². The molecule has 0 radical (unpaired) electrons. The van der Waals surface area contributed by atoms with Gasteiger partial charge in [-0.1, -0.05) is 31.9 Å². The lowest BCUT2D eigenvalue weighted by molar-refractivity contribution is -0.142. The van der Waals surface area contributed by atoms with Crippen molar-refractivity contribution in [1.29, 1.82) is 5.26 Å². The second-order valence-electron chi connectivity index (χ2n) is 6.45. The van der Waals surface area contributed by atoms with E-state index in [0.29, 0.717) is 17.2 Å². The molecule has 0 aromatic heterocycles.